The van der Waals surface area contributed by atoms with Gasteiger partial charge in [0.15, 0.2) is 0 Å². The molecule has 2 aromatic rings. The summed E-state index contributed by atoms with van der Waals surface area (Å²) in [6.45, 7) is 7.04. The molecule has 1 aliphatic carbocycles. The molecule has 0 bridgehead atoms. The molecule has 27 heavy (non-hydrogen) atoms. The summed E-state index contributed by atoms with van der Waals surface area (Å²) in [4.78, 5) is 4.71. The van der Waals surface area contributed by atoms with Crippen LogP contribution in [-0.4, -0.2) is 4.98 Å². The van der Waals surface area contributed by atoms with Gasteiger partial charge >= 0.3 is 0 Å². The Morgan fingerprint density at radius 3 is 2.37 bits per heavy atom. The molecular weight excluding hydrogens is 326 g/mol. The second-order valence-electron chi connectivity index (χ2n) is 8.67. The Kier molecular flexibility index (Phi) is 7.50. The maximum absolute atomic E-state index is 4.71. The standard InChI is InChI=1S/C26H37N/c1-4-6-7-9-21-10-17-26(27-19-21)24-14-12-23(13-15-24)25-16-11-22(8-5-2)20(3)18-25/h10,12-15,17,19-20,22,25H,4-9,11,16,18H2,1-3H3/t20-,22-,25-/m1/s1. The van der Waals surface area contributed by atoms with Gasteiger partial charge in [-0.25, -0.2) is 0 Å². The van der Waals surface area contributed by atoms with E-state index in [0.717, 1.165) is 29.9 Å². The van der Waals surface area contributed by atoms with Crippen molar-refractivity contribution >= 4 is 0 Å². The fourth-order valence-electron chi connectivity index (χ4n) is 4.81. The quantitative estimate of drug-likeness (QED) is 0.436. The number of hydrogen-bond acceptors (Lipinski definition) is 1. The molecule has 1 saturated carbocycles. The highest BCUT2D eigenvalue weighted by Gasteiger charge is 2.27. The molecule has 0 amide bonds. The summed E-state index contributed by atoms with van der Waals surface area (Å²) in [6, 6.07) is 13.7. The molecule has 0 unspecified atom stereocenters. The molecule has 1 aliphatic rings. The first-order chi connectivity index (χ1) is 13.2. The summed E-state index contributed by atoms with van der Waals surface area (Å²) in [5.74, 6) is 2.56. The lowest BCUT2D eigenvalue weighted by molar-refractivity contribution is 0.218. The summed E-state index contributed by atoms with van der Waals surface area (Å²) in [5, 5.41) is 0. The first kappa shape index (κ1) is 20.1. The molecule has 0 saturated heterocycles. The van der Waals surface area contributed by atoms with Crippen molar-refractivity contribution in [1.29, 1.82) is 0 Å². The van der Waals surface area contributed by atoms with E-state index in [1.54, 1.807) is 0 Å². The maximum Gasteiger partial charge on any atom is 0.0702 e. The third-order valence-electron chi connectivity index (χ3n) is 6.58. The van der Waals surface area contributed by atoms with Gasteiger partial charge in [0.1, 0.15) is 0 Å². The first-order valence-electron chi connectivity index (χ1n) is 11.3. The Morgan fingerprint density at radius 2 is 1.74 bits per heavy atom. The van der Waals surface area contributed by atoms with Gasteiger partial charge in [0.05, 0.1) is 5.69 Å². The van der Waals surface area contributed by atoms with Gasteiger partial charge in [-0.15, -0.1) is 0 Å². The van der Waals surface area contributed by atoms with Gasteiger partial charge in [-0.1, -0.05) is 76.8 Å². The van der Waals surface area contributed by atoms with E-state index in [9.17, 15) is 0 Å². The Bertz CT molecular complexity index is 670. The molecule has 0 radical (unpaired) electrons. The monoisotopic (exact) mass is 363 g/mol. The maximum atomic E-state index is 4.71. The Hall–Kier alpha value is -1.63. The van der Waals surface area contributed by atoms with Crippen LogP contribution in [0.3, 0.4) is 0 Å². The molecule has 1 fully saturated rings. The molecule has 1 aromatic heterocycles. The van der Waals surface area contributed by atoms with Crippen molar-refractivity contribution in [2.45, 2.75) is 84.5 Å². The zero-order chi connectivity index (χ0) is 19.1. The van der Waals surface area contributed by atoms with Crippen molar-refractivity contribution in [3.05, 3.63) is 53.7 Å². The molecular formula is C26H37N. The number of pyridine rings is 1. The van der Waals surface area contributed by atoms with Crippen LogP contribution in [-0.2, 0) is 6.42 Å². The minimum Gasteiger partial charge on any atom is -0.256 e. The summed E-state index contributed by atoms with van der Waals surface area (Å²) >= 11 is 0. The first-order valence-corrected chi connectivity index (χ1v) is 11.3. The molecule has 1 nitrogen and oxygen atoms in total. The fourth-order valence-corrected chi connectivity index (χ4v) is 4.81. The van der Waals surface area contributed by atoms with Gasteiger partial charge in [-0.05, 0) is 67.1 Å². The van der Waals surface area contributed by atoms with E-state index in [-0.39, 0.29) is 0 Å². The van der Waals surface area contributed by atoms with Crippen LogP contribution in [0, 0.1) is 11.8 Å². The summed E-state index contributed by atoms with van der Waals surface area (Å²) in [6.07, 6.45) is 13.9. The number of rotatable bonds is 8. The minimum atomic E-state index is 0.746. The molecule has 1 heterocycles. The average Bonchev–Trinajstić information content (AvgIpc) is 2.71. The van der Waals surface area contributed by atoms with E-state index in [4.69, 9.17) is 4.98 Å². The van der Waals surface area contributed by atoms with Gasteiger partial charge in [-0.3, -0.25) is 4.98 Å². The van der Waals surface area contributed by atoms with Gasteiger partial charge in [0.25, 0.3) is 0 Å². The molecule has 1 heteroatoms. The lowest BCUT2D eigenvalue weighted by Crippen LogP contribution is -2.21. The summed E-state index contributed by atoms with van der Waals surface area (Å²) < 4.78 is 0. The molecule has 0 N–H and O–H groups in total. The van der Waals surface area contributed by atoms with Gasteiger partial charge in [0, 0.05) is 11.8 Å². The van der Waals surface area contributed by atoms with Crippen LogP contribution < -0.4 is 0 Å². The summed E-state index contributed by atoms with van der Waals surface area (Å²) in [7, 11) is 0. The van der Waals surface area contributed by atoms with Crippen LogP contribution in [0.2, 0.25) is 0 Å². The second kappa shape index (κ2) is 10.1. The van der Waals surface area contributed by atoms with Crippen molar-refractivity contribution in [1.82, 2.24) is 4.98 Å². The molecule has 0 spiro atoms. The van der Waals surface area contributed by atoms with Crippen molar-refractivity contribution in [3.8, 4) is 11.3 Å². The van der Waals surface area contributed by atoms with Crippen LogP contribution in [0.5, 0.6) is 0 Å². The highest BCUT2D eigenvalue weighted by atomic mass is 14.7. The number of aromatic nitrogens is 1. The minimum absolute atomic E-state index is 0.746. The smallest absolute Gasteiger partial charge is 0.0702 e. The van der Waals surface area contributed by atoms with Crippen molar-refractivity contribution < 1.29 is 0 Å². The highest BCUT2D eigenvalue weighted by molar-refractivity contribution is 5.59. The number of aryl methyl sites for hydroxylation is 1. The topological polar surface area (TPSA) is 12.9 Å². The zero-order valence-corrected chi connectivity index (χ0v) is 17.6. The van der Waals surface area contributed by atoms with Gasteiger partial charge < -0.3 is 0 Å². The third-order valence-corrected chi connectivity index (χ3v) is 6.58. The van der Waals surface area contributed by atoms with E-state index in [0.29, 0.717) is 0 Å². The van der Waals surface area contributed by atoms with Crippen LogP contribution in [0.25, 0.3) is 11.3 Å². The summed E-state index contributed by atoms with van der Waals surface area (Å²) in [5.41, 5.74) is 5.23. The molecule has 3 atom stereocenters. The van der Waals surface area contributed by atoms with Crippen LogP contribution >= 0.6 is 0 Å². The van der Waals surface area contributed by atoms with E-state index in [2.05, 4.69) is 63.4 Å². The fraction of sp³-hybridized carbons (Fsp3) is 0.577. The van der Waals surface area contributed by atoms with Crippen molar-refractivity contribution in [2.75, 3.05) is 0 Å². The van der Waals surface area contributed by atoms with Crippen LogP contribution in [0.15, 0.2) is 42.6 Å². The normalized spacial score (nSPS) is 22.7. The van der Waals surface area contributed by atoms with Crippen LogP contribution in [0.1, 0.15) is 89.2 Å². The molecule has 1 aromatic carbocycles. The lowest BCUT2D eigenvalue weighted by atomic mass is 9.71. The van der Waals surface area contributed by atoms with E-state index in [1.807, 2.05) is 0 Å². The molecule has 0 aliphatic heterocycles. The average molecular weight is 364 g/mol. The SMILES string of the molecule is CCCCCc1ccc(-c2ccc([C@@H]3CC[C@@H](CCC)[C@H](C)C3)cc2)nc1. The number of benzene rings is 1. The lowest BCUT2D eigenvalue weighted by Gasteiger charge is -2.34. The van der Waals surface area contributed by atoms with Crippen LogP contribution in [0.4, 0.5) is 0 Å². The molecule has 3 rings (SSSR count). The third kappa shape index (κ3) is 5.43. The number of hydrogen-bond donors (Lipinski definition) is 0. The largest absolute Gasteiger partial charge is 0.256 e. The van der Waals surface area contributed by atoms with Gasteiger partial charge in [0.2, 0.25) is 0 Å². The van der Waals surface area contributed by atoms with E-state index < -0.39 is 0 Å². The second-order valence-corrected chi connectivity index (χ2v) is 8.67. The van der Waals surface area contributed by atoms with E-state index in [1.165, 1.54) is 68.1 Å². The predicted molar refractivity (Wildman–Crippen MR) is 117 cm³/mol. The Labute approximate surface area is 166 Å². The highest BCUT2D eigenvalue weighted by Crippen LogP contribution is 2.41. The van der Waals surface area contributed by atoms with Gasteiger partial charge in [-0.2, -0.15) is 0 Å². The Balaban J connectivity index is 1.60. The number of nitrogens with zero attached hydrogens (tertiary/aromatic N) is 1. The molecule has 146 valence electrons. The zero-order valence-electron chi connectivity index (χ0n) is 17.6. The van der Waals surface area contributed by atoms with Crippen molar-refractivity contribution in [2.24, 2.45) is 11.8 Å². The predicted octanol–water partition coefficient (Wildman–Crippen LogP) is 7.80. The van der Waals surface area contributed by atoms with Crippen molar-refractivity contribution in [3.63, 3.8) is 0 Å². The van der Waals surface area contributed by atoms with E-state index >= 15 is 0 Å². The number of unbranched alkanes of at least 4 members (excludes halogenated alkanes) is 2. The Morgan fingerprint density at radius 1 is 0.926 bits per heavy atom.